The minimum Gasteiger partial charge on any atom is -0.493 e. The number of hydrogen-bond donors (Lipinski definition) is 2. The molecule has 0 aromatic heterocycles. The van der Waals surface area contributed by atoms with Gasteiger partial charge in [-0.2, -0.15) is 0 Å². The van der Waals surface area contributed by atoms with Crippen LogP contribution < -0.4 is 28.4 Å². The van der Waals surface area contributed by atoms with E-state index in [9.17, 15) is 5.11 Å². The van der Waals surface area contributed by atoms with Crippen molar-refractivity contribution in [3.63, 3.8) is 0 Å². The molecule has 372 valence electrons. The summed E-state index contributed by atoms with van der Waals surface area (Å²) in [6.07, 6.45) is 1.20. The first-order chi connectivity index (χ1) is 32.2. The van der Waals surface area contributed by atoms with Gasteiger partial charge >= 0.3 is 0 Å². The van der Waals surface area contributed by atoms with Gasteiger partial charge in [-0.25, -0.2) is 0 Å². The first-order valence-corrected chi connectivity index (χ1v) is 23.3. The van der Waals surface area contributed by atoms with Crippen molar-refractivity contribution in [3.8, 4) is 46.0 Å². The van der Waals surface area contributed by atoms with E-state index in [1.807, 2.05) is 46.1 Å². The number of aliphatic hydroxyl groups is 2. The number of halogens is 1. The van der Waals surface area contributed by atoms with Gasteiger partial charge in [-0.1, -0.05) is 18.2 Å². The van der Waals surface area contributed by atoms with E-state index >= 15 is 0 Å². The fraction of sp³-hybridized carbons (Fsp3) is 0.538. The molecule has 15 nitrogen and oxygen atoms in total. The Bertz CT molecular complexity index is 2330. The number of nitrogens with zero attached hydrogens (tertiary/aromatic N) is 3. The molecule has 0 saturated carbocycles. The van der Waals surface area contributed by atoms with Crippen molar-refractivity contribution in [2.45, 2.75) is 94.5 Å². The number of likely N-dealkylation sites (N-methyl/N-ethyl adjacent to an activating group) is 2. The van der Waals surface area contributed by atoms with Crippen molar-refractivity contribution in [2.75, 3.05) is 89.5 Å². The smallest absolute Gasteiger partial charge is 0.204 e. The lowest BCUT2D eigenvalue weighted by Gasteiger charge is -2.37. The van der Waals surface area contributed by atoms with Crippen LogP contribution in [-0.2, 0) is 44.6 Å². The molecule has 2 fully saturated rings. The van der Waals surface area contributed by atoms with Gasteiger partial charge in [-0.3, -0.25) is 9.80 Å². The predicted octanol–water partition coefficient (Wildman–Crippen LogP) is 7.14. The van der Waals surface area contributed by atoms with Gasteiger partial charge in [0.15, 0.2) is 46.6 Å². The fourth-order valence-corrected chi connectivity index (χ4v) is 9.98. The van der Waals surface area contributed by atoms with Crippen LogP contribution in [0.25, 0.3) is 0 Å². The Morgan fingerprint density at radius 1 is 0.765 bits per heavy atom. The highest BCUT2D eigenvalue weighted by Crippen LogP contribution is 2.52. The number of aliphatic hydroxyl groups excluding tert-OH is 2. The van der Waals surface area contributed by atoms with Crippen molar-refractivity contribution < 1.29 is 57.6 Å². The Morgan fingerprint density at radius 2 is 1.41 bits per heavy atom. The number of ether oxygens (including phenoxy) is 10. The van der Waals surface area contributed by atoms with Gasteiger partial charge in [0, 0.05) is 37.3 Å². The molecular weight excluding hydrogens is 894 g/mol. The van der Waals surface area contributed by atoms with Gasteiger partial charge in [0.1, 0.15) is 30.2 Å². The average Bonchev–Trinajstić information content (AvgIpc) is 3.80. The van der Waals surface area contributed by atoms with Crippen molar-refractivity contribution in [3.05, 3.63) is 94.0 Å². The van der Waals surface area contributed by atoms with Gasteiger partial charge in [0.2, 0.25) is 5.75 Å². The molecule has 0 spiro atoms. The summed E-state index contributed by atoms with van der Waals surface area (Å²) in [5.41, 5.74) is 7.15. The summed E-state index contributed by atoms with van der Waals surface area (Å²) in [5, 5.41) is 19.0. The maximum absolute atomic E-state index is 9.88. The molecule has 6 bridgehead atoms. The topological polar surface area (TPSA) is 142 Å². The lowest BCUT2D eigenvalue weighted by atomic mass is 9.87. The van der Waals surface area contributed by atoms with Crippen LogP contribution in [0.15, 0.2) is 60.7 Å². The van der Waals surface area contributed by atoms with Crippen molar-refractivity contribution >= 4 is 12.4 Å². The lowest BCUT2D eigenvalue weighted by Crippen LogP contribution is -2.44. The Kier molecular flexibility index (Phi) is 16.8. The second-order valence-corrected chi connectivity index (χ2v) is 18.8. The quantitative estimate of drug-likeness (QED) is 0.147. The standard InChI is InChI=1S/C38H42N2O6.C14H27NO6.ClH/c1-39-15-13-25-20-32(42-4)34-22-28(25)29(39)17-23-7-10-27(11-8-23)45-33-19-24(9-12-31(33)41-3)18-30-36-26(14-16-40(30)2)21-35(43-5)37(44-6)38(36)46-34;1-14(2)20-12-11(18-7-5-6-15(3)4)10(9(17)8-16)19-13(12)21-14;/h7-12,19-22,29-30H,13-18H2,1-6H3;9-13,16-17H,5-8H2,1-4H3;1H. The van der Waals surface area contributed by atoms with Crippen molar-refractivity contribution in [1.29, 1.82) is 0 Å². The van der Waals surface area contributed by atoms with Gasteiger partial charge in [-0.05, 0) is 151 Å². The second kappa shape index (κ2) is 22.1. The number of methoxy groups -OCH3 is 4. The van der Waals surface area contributed by atoms with E-state index in [0.29, 0.717) is 46.9 Å². The van der Waals surface area contributed by atoms with Crippen LogP contribution in [0.5, 0.6) is 46.0 Å². The monoisotopic (exact) mass is 963 g/mol. The van der Waals surface area contributed by atoms with Crippen LogP contribution in [0.2, 0.25) is 0 Å². The molecule has 6 heterocycles. The number of fused-ring (bicyclic) bond motifs is 3. The minimum absolute atomic E-state index is 0. The zero-order valence-electron chi connectivity index (χ0n) is 41.1. The molecule has 7 atom stereocenters. The van der Waals surface area contributed by atoms with E-state index in [2.05, 4.69) is 71.3 Å². The van der Waals surface area contributed by atoms with E-state index in [0.717, 1.165) is 68.6 Å². The first-order valence-electron chi connectivity index (χ1n) is 23.3. The third kappa shape index (κ3) is 11.0. The largest absolute Gasteiger partial charge is 0.493 e. The Morgan fingerprint density at radius 3 is 2.09 bits per heavy atom. The Balaban J connectivity index is 0.000000262. The second-order valence-electron chi connectivity index (χ2n) is 18.8. The normalized spacial score (nSPS) is 24.1. The van der Waals surface area contributed by atoms with Gasteiger partial charge < -0.3 is 62.5 Å². The third-order valence-electron chi connectivity index (χ3n) is 13.5. The average molecular weight is 965 g/mol. The molecule has 2 N–H and O–H groups in total. The van der Waals surface area contributed by atoms with Crippen LogP contribution in [0.3, 0.4) is 0 Å². The number of benzene rings is 4. The molecule has 2 saturated heterocycles. The molecule has 6 aliphatic heterocycles. The van der Waals surface area contributed by atoms with Crippen LogP contribution in [0, 0.1) is 0 Å². The molecule has 0 amide bonds. The maximum Gasteiger partial charge on any atom is 0.204 e. The maximum atomic E-state index is 9.88. The van der Waals surface area contributed by atoms with Crippen molar-refractivity contribution in [2.24, 2.45) is 0 Å². The number of hydrogen-bond acceptors (Lipinski definition) is 15. The van der Waals surface area contributed by atoms with Crippen LogP contribution >= 0.6 is 12.4 Å². The van der Waals surface area contributed by atoms with Crippen LogP contribution in [-0.4, -0.2) is 151 Å². The van der Waals surface area contributed by atoms with E-state index in [1.165, 1.54) is 22.3 Å². The van der Waals surface area contributed by atoms with Gasteiger partial charge in [0.25, 0.3) is 0 Å². The molecule has 0 radical (unpaired) electrons. The summed E-state index contributed by atoms with van der Waals surface area (Å²) in [6, 6.07) is 21.2. The summed E-state index contributed by atoms with van der Waals surface area (Å²) in [7, 11) is 15.1. The predicted molar refractivity (Wildman–Crippen MR) is 260 cm³/mol. The summed E-state index contributed by atoms with van der Waals surface area (Å²) in [4.78, 5) is 6.89. The third-order valence-corrected chi connectivity index (χ3v) is 13.5. The van der Waals surface area contributed by atoms with E-state index in [4.69, 9.17) is 52.5 Å². The number of rotatable bonds is 11. The fourth-order valence-electron chi connectivity index (χ4n) is 9.98. The van der Waals surface area contributed by atoms with E-state index in [1.54, 1.807) is 28.4 Å². The molecule has 0 aliphatic carbocycles. The van der Waals surface area contributed by atoms with E-state index in [-0.39, 0.29) is 37.2 Å². The molecular formula is C52H70ClN3O12. The molecule has 10 rings (SSSR count). The van der Waals surface area contributed by atoms with Crippen molar-refractivity contribution in [1.82, 2.24) is 14.7 Å². The zero-order chi connectivity index (χ0) is 47.6. The zero-order valence-corrected chi connectivity index (χ0v) is 41.9. The van der Waals surface area contributed by atoms with Gasteiger partial charge in [0.05, 0.1) is 35.0 Å². The Labute approximate surface area is 407 Å². The molecule has 4 aromatic carbocycles. The SMILES string of the molecule is CN(C)CCCOC1C(C(O)CO)OC2OC(C)(C)OC21.COc1ccc2cc1Oc1ccc(cc1)CC1c3cc(c(OC)cc3CCN1C)Oc1c(OC)c(OC)cc3c1C(C2)N(C)CC3.Cl. The molecule has 68 heavy (non-hydrogen) atoms. The first kappa shape index (κ1) is 51.5. The highest BCUT2D eigenvalue weighted by Gasteiger charge is 2.57. The van der Waals surface area contributed by atoms with E-state index < -0.39 is 30.4 Å². The summed E-state index contributed by atoms with van der Waals surface area (Å²) in [5.74, 6) is 4.68. The molecule has 7 unspecified atom stereocenters. The molecule has 4 aromatic rings. The summed E-state index contributed by atoms with van der Waals surface area (Å²) < 4.78 is 60.1. The minimum atomic E-state index is -1.01. The highest BCUT2D eigenvalue weighted by atomic mass is 35.5. The van der Waals surface area contributed by atoms with Crippen LogP contribution in [0.4, 0.5) is 0 Å². The lowest BCUT2D eigenvalue weighted by molar-refractivity contribution is -0.231. The Hall–Kier alpha value is -4.39. The summed E-state index contributed by atoms with van der Waals surface area (Å²) >= 11 is 0. The highest BCUT2D eigenvalue weighted by molar-refractivity contribution is 5.85. The van der Waals surface area contributed by atoms with Crippen LogP contribution in [0.1, 0.15) is 65.7 Å². The van der Waals surface area contributed by atoms with Gasteiger partial charge in [-0.15, -0.1) is 12.4 Å². The summed E-state index contributed by atoms with van der Waals surface area (Å²) in [6.45, 7) is 6.55. The molecule has 6 aliphatic rings. The molecule has 16 heteroatoms.